The van der Waals surface area contributed by atoms with E-state index in [1.54, 1.807) is 11.8 Å². The number of rotatable bonds is 2. The molecule has 0 aromatic heterocycles. The van der Waals surface area contributed by atoms with Gasteiger partial charge in [0, 0.05) is 11.1 Å². The van der Waals surface area contributed by atoms with Crippen LogP contribution in [0.15, 0.2) is 11.5 Å². The second-order valence-electron chi connectivity index (χ2n) is 3.25. The molecule has 1 aliphatic heterocycles. The van der Waals surface area contributed by atoms with Crippen LogP contribution in [0.3, 0.4) is 0 Å². The largest absolute Gasteiger partial charge is 0.463 e. The average Bonchev–Trinajstić information content (AvgIpc) is 2.34. The van der Waals surface area contributed by atoms with Gasteiger partial charge in [0.2, 0.25) is 0 Å². The van der Waals surface area contributed by atoms with Crippen LogP contribution in [-0.4, -0.2) is 22.9 Å². The first-order chi connectivity index (χ1) is 5.09. The van der Waals surface area contributed by atoms with E-state index in [9.17, 15) is 0 Å². The molecule has 4 heteroatoms. The molecule has 0 aromatic rings. The van der Waals surface area contributed by atoms with E-state index in [4.69, 9.17) is 10.0 Å². The minimum atomic E-state index is -1.23. The van der Waals surface area contributed by atoms with Crippen molar-refractivity contribution >= 4 is 18.9 Å². The molecule has 2 nitrogen and oxygen atoms in total. The molecule has 0 bridgehead atoms. The van der Waals surface area contributed by atoms with Gasteiger partial charge < -0.3 is 10.0 Å². The van der Waals surface area contributed by atoms with Crippen molar-refractivity contribution in [2.45, 2.75) is 19.2 Å². The van der Waals surface area contributed by atoms with Crippen molar-refractivity contribution in [2.24, 2.45) is 5.92 Å². The van der Waals surface area contributed by atoms with E-state index in [1.807, 2.05) is 25.3 Å². The molecule has 0 saturated carbocycles. The molecule has 0 spiro atoms. The molecule has 1 aliphatic rings. The van der Waals surface area contributed by atoms with Crippen molar-refractivity contribution in [2.75, 3.05) is 5.75 Å². The SMILES string of the molecule is CC(C)C1(B(O)O)C=CSC1. The summed E-state index contributed by atoms with van der Waals surface area (Å²) < 4.78 is 0. The summed E-state index contributed by atoms with van der Waals surface area (Å²) in [7, 11) is -1.23. The fourth-order valence-electron chi connectivity index (χ4n) is 1.23. The Morgan fingerprint density at radius 2 is 2.18 bits per heavy atom. The molecular weight excluding hydrogens is 159 g/mol. The Morgan fingerprint density at radius 3 is 2.36 bits per heavy atom. The zero-order chi connectivity index (χ0) is 8.48. The van der Waals surface area contributed by atoms with Crippen LogP contribution in [0.25, 0.3) is 0 Å². The van der Waals surface area contributed by atoms with E-state index in [1.165, 1.54) is 0 Å². The van der Waals surface area contributed by atoms with Gasteiger partial charge in [-0.3, -0.25) is 0 Å². The molecule has 1 heterocycles. The number of allylic oxidation sites excluding steroid dienone is 1. The van der Waals surface area contributed by atoms with Gasteiger partial charge in [-0.2, -0.15) is 0 Å². The summed E-state index contributed by atoms with van der Waals surface area (Å²) in [5.74, 6) is 1.05. The van der Waals surface area contributed by atoms with E-state index >= 15 is 0 Å². The standard InChI is InChI=1S/C7H13BO2S/c1-6(2)7(8(9)10)3-4-11-5-7/h3-4,6,9-10H,5H2,1-2H3. The predicted molar refractivity (Wildman–Crippen MR) is 49.3 cm³/mol. The summed E-state index contributed by atoms with van der Waals surface area (Å²) in [6, 6.07) is 0. The molecule has 2 N–H and O–H groups in total. The maximum Gasteiger partial charge on any atom is 0.463 e. The summed E-state index contributed by atoms with van der Waals surface area (Å²) in [4.78, 5) is 0. The van der Waals surface area contributed by atoms with Gasteiger partial charge >= 0.3 is 7.12 Å². The van der Waals surface area contributed by atoms with E-state index in [-0.39, 0.29) is 5.92 Å². The van der Waals surface area contributed by atoms with Crippen molar-refractivity contribution in [1.82, 2.24) is 0 Å². The summed E-state index contributed by atoms with van der Waals surface area (Å²) in [5, 5.41) is 19.9. The lowest BCUT2D eigenvalue weighted by Crippen LogP contribution is -2.36. The third kappa shape index (κ3) is 1.48. The van der Waals surface area contributed by atoms with Gasteiger partial charge in [0.15, 0.2) is 0 Å². The lowest BCUT2D eigenvalue weighted by molar-refractivity contribution is 0.335. The molecule has 0 radical (unpaired) electrons. The van der Waals surface area contributed by atoms with Crippen molar-refractivity contribution in [3.8, 4) is 0 Å². The summed E-state index contributed by atoms with van der Waals surface area (Å²) in [6.45, 7) is 4.02. The Morgan fingerprint density at radius 1 is 1.55 bits per heavy atom. The number of thioether (sulfide) groups is 1. The van der Waals surface area contributed by atoms with Gasteiger partial charge in [-0.1, -0.05) is 19.9 Å². The summed E-state index contributed by atoms with van der Waals surface area (Å²) in [6.07, 6.45) is 1.91. The van der Waals surface area contributed by atoms with E-state index in [0.29, 0.717) is 0 Å². The number of hydrogen-bond donors (Lipinski definition) is 2. The smallest absolute Gasteiger partial charge is 0.426 e. The quantitative estimate of drug-likeness (QED) is 0.613. The molecule has 0 aliphatic carbocycles. The monoisotopic (exact) mass is 172 g/mol. The van der Waals surface area contributed by atoms with Gasteiger partial charge in [-0.05, 0) is 11.3 Å². The minimum Gasteiger partial charge on any atom is -0.426 e. The highest BCUT2D eigenvalue weighted by Gasteiger charge is 2.44. The second kappa shape index (κ2) is 3.21. The Labute approximate surface area is 71.8 Å². The topological polar surface area (TPSA) is 40.5 Å². The van der Waals surface area contributed by atoms with Gasteiger partial charge in [0.25, 0.3) is 0 Å². The van der Waals surface area contributed by atoms with Crippen molar-refractivity contribution < 1.29 is 10.0 Å². The molecule has 0 fully saturated rings. The first-order valence-corrected chi connectivity index (χ1v) is 4.80. The van der Waals surface area contributed by atoms with Gasteiger partial charge in [0.1, 0.15) is 0 Å². The van der Waals surface area contributed by atoms with Crippen LogP contribution in [-0.2, 0) is 0 Å². The molecule has 0 amide bonds. The third-order valence-electron chi connectivity index (χ3n) is 2.36. The van der Waals surface area contributed by atoms with Crippen molar-refractivity contribution in [1.29, 1.82) is 0 Å². The molecule has 0 aromatic carbocycles. The normalized spacial score (nSPS) is 29.9. The first kappa shape index (κ1) is 9.17. The Hall–Kier alpha value is 0.0749. The fraction of sp³-hybridized carbons (Fsp3) is 0.714. The predicted octanol–water partition coefficient (Wildman–Crippen LogP) is 1.12. The van der Waals surface area contributed by atoms with Crippen LogP contribution in [0.1, 0.15) is 13.8 Å². The highest BCUT2D eigenvalue weighted by Crippen LogP contribution is 2.46. The van der Waals surface area contributed by atoms with Crippen LogP contribution in [0.4, 0.5) is 0 Å². The Kier molecular flexibility index (Phi) is 2.68. The molecule has 1 unspecified atom stereocenters. The van der Waals surface area contributed by atoms with Gasteiger partial charge in [-0.15, -0.1) is 11.8 Å². The van der Waals surface area contributed by atoms with Crippen molar-refractivity contribution in [3.05, 3.63) is 11.5 Å². The lowest BCUT2D eigenvalue weighted by Gasteiger charge is -2.29. The Bertz CT molecular complexity index is 160. The summed E-state index contributed by atoms with van der Waals surface area (Å²) >= 11 is 1.64. The lowest BCUT2D eigenvalue weighted by atomic mass is 9.53. The van der Waals surface area contributed by atoms with E-state index < -0.39 is 12.4 Å². The second-order valence-corrected chi connectivity index (χ2v) is 4.15. The van der Waals surface area contributed by atoms with Crippen molar-refractivity contribution in [3.63, 3.8) is 0 Å². The van der Waals surface area contributed by atoms with Crippen LogP contribution < -0.4 is 0 Å². The molecule has 11 heavy (non-hydrogen) atoms. The van der Waals surface area contributed by atoms with Gasteiger partial charge in [-0.25, -0.2) is 0 Å². The first-order valence-electron chi connectivity index (χ1n) is 3.75. The molecule has 0 saturated heterocycles. The third-order valence-corrected chi connectivity index (χ3v) is 3.36. The molecule has 1 rings (SSSR count). The summed E-state index contributed by atoms with van der Waals surface area (Å²) in [5.41, 5.74) is 0. The zero-order valence-corrected chi connectivity index (χ0v) is 7.64. The van der Waals surface area contributed by atoms with Crippen LogP contribution in [0.5, 0.6) is 0 Å². The maximum absolute atomic E-state index is 9.16. The van der Waals surface area contributed by atoms with Crippen LogP contribution in [0.2, 0.25) is 5.31 Å². The highest BCUT2D eigenvalue weighted by molar-refractivity contribution is 8.02. The number of hydrogen-bond acceptors (Lipinski definition) is 3. The highest BCUT2D eigenvalue weighted by atomic mass is 32.2. The average molecular weight is 172 g/mol. The van der Waals surface area contributed by atoms with E-state index in [0.717, 1.165) is 5.75 Å². The zero-order valence-electron chi connectivity index (χ0n) is 6.82. The molecule has 62 valence electrons. The van der Waals surface area contributed by atoms with Crippen LogP contribution >= 0.6 is 11.8 Å². The minimum absolute atomic E-state index is 0.272. The molecule has 1 atom stereocenters. The fourth-order valence-corrected chi connectivity index (χ4v) is 2.55. The Balaban J connectivity index is 2.80. The van der Waals surface area contributed by atoms with Gasteiger partial charge in [0.05, 0.1) is 0 Å². The van der Waals surface area contributed by atoms with Crippen LogP contribution in [0, 0.1) is 5.92 Å². The molecular formula is C7H13BO2S. The van der Waals surface area contributed by atoms with E-state index in [2.05, 4.69) is 0 Å². The maximum atomic E-state index is 9.16.